The monoisotopic (exact) mass is 1100 g/mol. The maximum Gasteiger partial charge on any atom is 0.143 e. The van der Waals surface area contributed by atoms with E-state index in [0.29, 0.717) is 32.8 Å². The molecule has 2 saturated carbocycles. The van der Waals surface area contributed by atoms with Crippen LogP contribution in [0.5, 0.6) is 21.9 Å². The maximum atomic E-state index is 7.88. The fourth-order valence-corrected chi connectivity index (χ4v) is 17.2. The van der Waals surface area contributed by atoms with Gasteiger partial charge >= 0.3 is 0 Å². The topological polar surface area (TPSA) is 36.9 Å². The molecule has 0 radical (unpaired) electrons. The molecule has 12 aromatic rings. The quantitative estimate of drug-likeness (QED) is 0.0966. The summed E-state index contributed by atoms with van der Waals surface area (Å²) in [6.07, 6.45) is -0.661. The Labute approximate surface area is 468 Å². The predicted molar refractivity (Wildman–Crippen MR) is 337 cm³/mol. The largest absolute Gasteiger partial charge is 0.482 e. The smallest absolute Gasteiger partial charge is 0.143 e. The zero-order valence-electron chi connectivity index (χ0n) is 43.2. The number of benzene rings is 8. The van der Waals surface area contributed by atoms with Gasteiger partial charge in [-0.05, 0) is 96.4 Å². The molecule has 0 amide bonds. The van der Waals surface area contributed by atoms with Crippen LogP contribution in [0.2, 0.25) is 0 Å². The van der Waals surface area contributed by atoms with Crippen LogP contribution in [0.25, 0.3) is 89.0 Å². The summed E-state index contributed by atoms with van der Waals surface area (Å²) in [4.78, 5) is 0. The van der Waals surface area contributed by atoms with Crippen molar-refractivity contribution in [2.24, 2.45) is 11.8 Å². The van der Waals surface area contributed by atoms with Crippen LogP contribution in [0, 0.1) is 11.8 Å². The highest BCUT2D eigenvalue weighted by Gasteiger charge is 2.64. The van der Waals surface area contributed by atoms with Gasteiger partial charge in [0.15, 0.2) is 0 Å². The molecule has 4 nitrogen and oxygen atoms in total. The molecule has 384 valence electrons. The van der Waals surface area contributed by atoms with Gasteiger partial charge < -0.3 is 18.9 Å². The second-order valence-electron chi connectivity index (χ2n) is 20.4. The van der Waals surface area contributed by atoms with Crippen molar-refractivity contribution in [1.29, 1.82) is 0 Å². The molecule has 2 fully saturated rings. The summed E-state index contributed by atoms with van der Waals surface area (Å²) in [5.41, 5.74) is 22.6. The van der Waals surface area contributed by atoms with Crippen LogP contribution in [0.4, 0.5) is 0 Å². The Hall–Kier alpha value is -7.92. The summed E-state index contributed by atoms with van der Waals surface area (Å²) in [7, 11) is 1.31. The first-order chi connectivity index (χ1) is 39.2. The van der Waals surface area contributed by atoms with E-state index in [1.54, 1.807) is 0 Å². The van der Waals surface area contributed by atoms with Crippen molar-refractivity contribution in [2.75, 3.05) is 0 Å². The molecule has 14 rings (SSSR count). The number of hydrogen-bond acceptors (Lipinski definition) is 4. The number of ether oxygens (including phenoxy) is 4. The van der Waals surface area contributed by atoms with Crippen molar-refractivity contribution in [3.8, 4) is 111 Å². The Morgan fingerprint density at radius 3 is 0.595 bits per heavy atom. The van der Waals surface area contributed by atoms with E-state index >= 15 is 0 Å². The first kappa shape index (κ1) is 49.4. The lowest BCUT2D eigenvalue weighted by Gasteiger charge is -2.40. The minimum atomic E-state index is -0.367. The second-order valence-corrected chi connectivity index (χ2v) is 24.6. The highest BCUT2D eigenvalue weighted by atomic mass is 31.0. The molecule has 2 bridgehead atoms. The third-order valence-electron chi connectivity index (χ3n) is 15.9. The molecule has 0 spiro atoms. The first-order valence-corrected chi connectivity index (χ1v) is 31.5. The van der Waals surface area contributed by atoms with Crippen molar-refractivity contribution in [2.45, 2.75) is 30.8 Å². The van der Waals surface area contributed by atoms with E-state index in [9.17, 15) is 0 Å². The van der Waals surface area contributed by atoms with Crippen LogP contribution in [-0.4, -0.2) is 24.4 Å². The third-order valence-corrected chi connectivity index (χ3v) is 20.1. The van der Waals surface area contributed by atoms with Crippen LogP contribution in [0.3, 0.4) is 0 Å². The van der Waals surface area contributed by atoms with Crippen LogP contribution < -0.4 is 18.9 Å². The average molecular weight is 1100 g/mol. The van der Waals surface area contributed by atoms with Gasteiger partial charge in [-0.3, -0.25) is 0 Å². The van der Waals surface area contributed by atoms with Gasteiger partial charge in [-0.1, -0.05) is 275 Å². The molecular weight excluding hydrogens is 1040 g/mol. The molecule has 2 aliphatic rings. The Morgan fingerprint density at radius 2 is 0.405 bits per heavy atom. The summed E-state index contributed by atoms with van der Waals surface area (Å²) < 4.78 is 31.5. The van der Waals surface area contributed by atoms with Gasteiger partial charge in [0.2, 0.25) is 0 Å². The number of fused-ring (bicyclic) bond motifs is 2. The predicted octanol–water partition coefficient (Wildman–Crippen LogP) is 19.9. The van der Waals surface area contributed by atoms with E-state index in [2.05, 4.69) is 266 Å². The van der Waals surface area contributed by atoms with Gasteiger partial charge in [0.25, 0.3) is 0 Å². The highest BCUT2D eigenvalue weighted by Crippen LogP contribution is 2.59. The van der Waals surface area contributed by atoms with Gasteiger partial charge in [-0.2, -0.15) is 0 Å². The summed E-state index contributed by atoms with van der Waals surface area (Å²) in [6.45, 7) is 0. The molecule has 8 aromatic carbocycles. The van der Waals surface area contributed by atoms with Crippen molar-refractivity contribution in [3.63, 3.8) is 0 Å². The summed E-state index contributed by atoms with van der Waals surface area (Å²) in [6, 6.07) is 86.3. The van der Waals surface area contributed by atoms with Crippen molar-refractivity contribution in [3.05, 3.63) is 266 Å². The van der Waals surface area contributed by atoms with E-state index < -0.39 is 0 Å². The molecule has 0 aliphatic heterocycles. The van der Waals surface area contributed by atoms with Gasteiger partial charge in [-0.15, -0.1) is 0 Å². The molecule has 0 saturated heterocycles. The van der Waals surface area contributed by atoms with Crippen LogP contribution in [0.1, 0.15) is 6.42 Å². The molecule has 4 aromatic heterocycles. The van der Waals surface area contributed by atoms with E-state index in [4.69, 9.17) is 18.9 Å². The van der Waals surface area contributed by atoms with Gasteiger partial charge in [0.1, 0.15) is 46.3 Å². The molecule has 4 heterocycles. The lowest BCUT2D eigenvalue weighted by molar-refractivity contribution is -0.0777. The fourth-order valence-electron chi connectivity index (χ4n) is 12.3. The highest BCUT2D eigenvalue weighted by molar-refractivity contribution is 7.33. The van der Waals surface area contributed by atoms with E-state index in [0.717, 1.165) is 72.9 Å². The lowest BCUT2D eigenvalue weighted by atomic mass is 9.88. The minimum absolute atomic E-state index is 0.0932. The van der Waals surface area contributed by atoms with Crippen LogP contribution in [0.15, 0.2) is 266 Å². The van der Waals surface area contributed by atoms with Gasteiger partial charge in [0.05, 0.1) is 0 Å². The fraction of sp³-hybridized carbons (Fsp3) is 0.0986. The number of hydrogen-bond donors (Lipinski definition) is 0. The zero-order chi connectivity index (χ0) is 52.5. The molecule has 79 heavy (non-hydrogen) atoms. The van der Waals surface area contributed by atoms with Crippen molar-refractivity contribution in [1.82, 2.24) is 0 Å². The molecule has 0 N–H and O–H groups in total. The van der Waals surface area contributed by atoms with E-state index in [1.807, 2.05) is 0 Å². The maximum absolute atomic E-state index is 7.88. The summed E-state index contributed by atoms with van der Waals surface area (Å²) >= 11 is 0. The Bertz CT molecular complexity index is 3430. The Morgan fingerprint density at radius 1 is 0.228 bits per heavy atom. The molecular formula is C71H56O4P4. The van der Waals surface area contributed by atoms with Gasteiger partial charge in [0, 0.05) is 34.1 Å². The summed E-state index contributed by atoms with van der Waals surface area (Å²) in [5, 5.41) is 0. The van der Waals surface area contributed by atoms with Crippen molar-refractivity contribution < 1.29 is 18.9 Å². The summed E-state index contributed by atoms with van der Waals surface area (Å²) in [5.74, 6) is 9.33. The molecule has 8 heteroatoms. The van der Waals surface area contributed by atoms with E-state index in [-0.39, 0.29) is 36.3 Å². The lowest BCUT2D eigenvalue weighted by Crippen LogP contribution is -2.56. The third kappa shape index (κ3) is 9.59. The zero-order valence-corrected chi connectivity index (χ0v) is 47.2. The van der Waals surface area contributed by atoms with Crippen LogP contribution in [-0.2, 0) is 0 Å². The average Bonchev–Trinajstić information content (AvgIpc) is 4.60. The molecule has 2 aliphatic carbocycles. The Balaban J connectivity index is 0.949. The van der Waals surface area contributed by atoms with E-state index in [1.165, 1.54) is 44.5 Å². The standard InChI is InChI=1S/C71H56O4P4/c1-9-25-46(26-10-1)56-42-76-68(60(56)50-33-17-5-18-34-50)72-64-54-41-55(65(64)73-69-61(51-35-19-6-20-36-51)57(43-77-69)47-27-11-2-12-28-47)67(75-71-63(53-39-23-8-24-40-53)59(45-79-71)49-31-15-4-16-32-49)66(54)74-70-62(52-37-21-7-22-38-52)58(44-78-70)48-29-13-3-14-30-48/h1-40,42-45,54-55,64-67,76-79H,41H2. The molecule has 8 atom stereocenters. The Kier molecular flexibility index (Phi) is 13.8. The normalized spacial score (nSPS) is 18.7. The van der Waals surface area contributed by atoms with Crippen LogP contribution >= 0.6 is 32.8 Å². The first-order valence-electron chi connectivity index (χ1n) is 27.2. The molecule has 8 unspecified atom stereocenters. The minimum Gasteiger partial charge on any atom is -0.482 e. The second kappa shape index (κ2) is 22.1. The van der Waals surface area contributed by atoms with Gasteiger partial charge in [-0.25, -0.2) is 0 Å². The number of rotatable bonds is 16. The van der Waals surface area contributed by atoms with Crippen molar-refractivity contribution >= 4 is 32.8 Å². The SMILES string of the molecule is c1ccc(-c2c[pH]c(OC3C4CC(C3Oc3[pH]cc(-c5ccccc5)c3-c3ccccc3)C(Oc3[pH]cc(-c5ccccc5)c3-c3ccccc3)C4Oc3[pH]cc(-c4ccccc4)c3-c3ccccc3)c2-c2ccccc2)cc1.